The maximum absolute atomic E-state index is 12.4. The smallest absolute Gasteiger partial charge is 0.337 e. The van der Waals surface area contributed by atoms with E-state index in [1.54, 1.807) is 17.0 Å². The maximum atomic E-state index is 12.4. The number of aromatic nitrogens is 1. The predicted octanol–water partition coefficient (Wildman–Crippen LogP) is 1.69. The van der Waals surface area contributed by atoms with Gasteiger partial charge in [-0.25, -0.2) is 9.78 Å². The van der Waals surface area contributed by atoms with Crippen LogP contribution in [-0.2, 0) is 4.84 Å². The summed E-state index contributed by atoms with van der Waals surface area (Å²) >= 11 is 0. The minimum absolute atomic E-state index is 0.119. The Hall–Kier alpha value is -3.55. The highest BCUT2D eigenvalue weighted by atomic mass is 16.7. The third-order valence-corrected chi connectivity index (χ3v) is 4.50. The number of benzene rings is 1. The Bertz CT molecular complexity index is 930. The van der Waals surface area contributed by atoms with Gasteiger partial charge in [-0.2, -0.15) is 0 Å². The van der Waals surface area contributed by atoms with Crippen molar-refractivity contribution in [1.29, 1.82) is 0 Å². The monoisotopic (exact) mass is 365 g/mol. The first-order valence-electron chi connectivity index (χ1n) is 8.53. The number of rotatable bonds is 3. The van der Waals surface area contributed by atoms with Crippen LogP contribution >= 0.6 is 0 Å². The highest BCUT2D eigenvalue weighted by Gasteiger charge is 2.39. The minimum Gasteiger partial charge on any atom is -0.337 e. The summed E-state index contributed by atoms with van der Waals surface area (Å²) < 4.78 is 0. The molecule has 8 heteroatoms. The van der Waals surface area contributed by atoms with Crippen LogP contribution in [0.3, 0.4) is 0 Å². The number of amides is 3. The topological polar surface area (TPSA) is 96.9 Å². The van der Waals surface area contributed by atoms with Gasteiger partial charge in [-0.3, -0.25) is 14.4 Å². The van der Waals surface area contributed by atoms with Crippen LogP contribution in [0.1, 0.15) is 54.5 Å². The van der Waals surface area contributed by atoms with E-state index in [1.165, 1.54) is 30.3 Å². The van der Waals surface area contributed by atoms with E-state index in [1.807, 2.05) is 0 Å². The van der Waals surface area contributed by atoms with Gasteiger partial charge in [-0.1, -0.05) is 23.3 Å². The molecule has 3 heterocycles. The lowest BCUT2D eigenvalue weighted by molar-refractivity contribution is -0.0588. The number of hydrogen-bond acceptors (Lipinski definition) is 6. The summed E-state index contributed by atoms with van der Waals surface area (Å²) in [5, 5.41) is 0.420. The van der Waals surface area contributed by atoms with E-state index in [4.69, 9.17) is 4.84 Å². The number of hydroxylamine groups is 2. The minimum atomic E-state index is -0.986. The zero-order chi connectivity index (χ0) is 19.0. The van der Waals surface area contributed by atoms with Crippen molar-refractivity contribution < 1.29 is 24.0 Å². The molecule has 3 amide bonds. The average molecular weight is 365 g/mol. The summed E-state index contributed by atoms with van der Waals surface area (Å²) in [5.41, 5.74) is 0.299. The third-order valence-electron chi connectivity index (χ3n) is 4.50. The molecule has 0 atom stereocenters. The van der Waals surface area contributed by atoms with Crippen molar-refractivity contribution in [2.24, 2.45) is 0 Å². The molecule has 1 fully saturated rings. The predicted molar refractivity (Wildman–Crippen MR) is 91.7 cm³/mol. The van der Waals surface area contributed by atoms with Gasteiger partial charge in [0.2, 0.25) is 0 Å². The number of fused-ring (bicyclic) bond motifs is 1. The normalized spacial score (nSPS) is 15.9. The molecule has 4 rings (SSSR count). The zero-order valence-corrected chi connectivity index (χ0v) is 14.3. The van der Waals surface area contributed by atoms with Crippen molar-refractivity contribution in [3.8, 4) is 0 Å². The van der Waals surface area contributed by atoms with Gasteiger partial charge in [0.1, 0.15) is 5.69 Å². The molecule has 0 saturated carbocycles. The molecule has 0 N–H and O–H groups in total. The number of carbonyl (C=O) groups is 4. The van der Waals surface area contributed by atoms with Gasteiger partial charge in [-0.15, -0.1) is 0 Å². The second-order valence-electron chi connectivity index (χ2n) is 6.24. The fraction of sp³-hybridized carbons (Fsp3) is 0.211. The Morgan fingerprint density at radius 3 is 2.07 bits per heavy atom. The van der Waals surface area contributed by atoms with E-state index >= 15 is 0 Å². The van der Waals surface area contributed by atoms with Crippen LogP contribution in [-0.4, -0.2) is 51.7 Å². The molecule has 0 unspecified atom stereocenters. The van der Waals surface area contributed by atoms with Gasteiger partial charge in [0, 0.05) is 13.1 Å². The molecule has 1 aromatic carbocycles. The second kappa shape index (κ2) is 6.64. The number of imide groups is 1. The largest absolute Gasteiger partial charge is 0.382 e. The molecule has 0 radical (unpaired) electrons. The van der Waals surface area contributed by atoms with Crippen LogP contribution in [0, 0.1) is 0 Å². The molecule has 8 nitrogen and oxygen atoms in total. The van der Waals surface area contributed by atoms with Crippen LogP contribution in [0.25, 0.3) is 0 Å². The Balaban J connectivity index is 1.52. The van der Waals surface area contributed by atoms with Crippen molar-refractivity contribution in [1.82, 2.24) is 14.9 Å². The van der Waals surface area contributed by atoms with E-state index in [9.17, 15) is 19.2 Å². The summed E-state index contributed by atoms with van der Waals surface area (Å²) in [7, 11) is 0. The second-order valence-corrected chi connectivity index (χ2v) is 6.24. The number of likely N-dealkylation sites (tertiary alicyclic amines) is 1. The molecule has 0 bridgehead atoms. The van der Waals surface area contributed by atoms with E-state index in [2.05, 4.69) is 4.98 Å². The standard InChI is InChI=1S/C19H15N3O5/c23-16-12-6-1-2-7-13(12)17(24)22(16)27-19(26)15-9-5-8-14(20-15)18(25)21-10-3-4-11-21/h1-2,5-9H,3-4,10-11H2. The van der Waals surface area contributed by atoms with Crippen LogP contribution in [0.2, 0.25) is 0 Å². The summed E-state index contributed by atoms with van der Waals surface area (Å²) in [6.45, 7) is 1.31. The van der Waals surface area contributed by atoms with Gasteiger partial charge >= 0.3 is 5.97 Å². The Morgan fingerprint density at radius 1 is 0.852 bits per heavy atom. The molecule has 2 aliphatic heterocycles. The lowest BCUT2D eigenvalue weighted by Crippen LogP contribution is -2.33. The Kier molecular flexibility index (Phi) is 4.15. The number of hydrogen-bond donors (Lipinski definition) is 0. The van der Waals surface area contributed by atoms with Gasteiger partial charge in [-0.05, 0) is 37.1 Å². The Morgan fingerprint density at radius 2 is 1.44 bits per heavy atom. The molecule has 2 aromatic rings. The lowest BCUT2D eigenvalue weighted by Gasteiger charge is -2.15. The first-order chi connectivity index (χ1) is 13.1. The number of nitrogens with zero attached hydrogens (tertiary/aromatic N) is 3. The quantitative estimate of drug-likeness (QED) is 0.768. The van der Waals surface area contributed by atoms with Crippen molar-refractivity contribution in [3.05, 3.63) is 65.0 Å². The van der Waals surface area contributed by atoms with Gasteiger partial charge < -0.3 is 9.74 Å². The first kappa shape index (κ1) is 16.9. The molecular formula is C19H15N3O5. The maximum Gasteiger partial charge on any atom is 0.382 e. The lowest BCUT2D eigenvalue weighted by atomic mass is 10.1. The number of pyridine rings is 1. The highest BCUT2D eigenvalue weighted by molar-refractivity contribution is 6.21. The van der Waals surface area contributed by atoms with Crippen molar-refractivity contribution in [2.75, 3.05) is 13.1 Å². The van der Waals surface area contributed by atoms with Crippen molar-refractivity contribution in [3.63, 3.8) is 0 Å². The van der Waals surface area contributed by atoms with Gasteiger partial charge in [0.25, 0.3) is 17.7 Å². The van der Waals surface area contributed by atoms with Crippen LogP contribution in [0.5, 0.6) is 0 Å². The first-order valence-corrected chi connectivity index (χ1v) is 8.53. The van der Waals surface area contributed by atoms with E-state index in [-0.39, 0.29) is 28.4 Å². The summed E-state index contributed by atoms with van der Waals surface area (Å²) in [6.07, 6.45) is 1.88. The van der Waals surface area contributed by atoms with Crippen LogP contribution < -0.4 is 0 Å². The molecule has 2 aliphatic rings. The SMILES string of the molecule is O=C(ON1C(=O)c2ccccc2C1=O)c1cccc(C(=O)N2CCCC2)n1. The summed E-state index contributed by atoms with van der Waals surface area (Å²) in [5.74, 6) is -2.68. The molecule has 1 saturated heterocycles. The number of carbonyl (C=O) groups excluding carboxylic acids is 4. The molecule has 27 heavy (non-hydrogen) atoms. The molecule has 0 spiro atoms. The summed E-state index contributed by atoms with van der Waals surface area (Å²) in [4.78, 5) is 60.0. The fourth-order valence-corrected chi connectivity index (χ4v) is 3.13. The molecular weight excluding hydrogens is 350 g/mol. The van der Waals surface area contributed by atoms with Gasteiger partial charge in [0.05, 0.1) is 11.1 Å². The molecule has 136 valence electrons. The fourth-order valence-electron chi connectivity index (χ4n) is 3.13. The highest BCUT2D eigenvalue weighted by Crippen LogP contribution is 2.23. The van der Waals surface area contributed by atoms with Gasteiger partial charge in [0.15, 0.2) is 5.69 Å². The van der Waals surface area contributed by atoms with E-state index < -0.39 is 17.8 Å². The van der Waals surface area contributed by atoms with E-state index in [0.717, 1.165) is 12.8 Å². The zero-order valence-electron chi connectivity index (χ0n) is 14.3. The van der Waals surface area contributed by atoms with E-state index in [0.29, 0.717) is 18.2 Å². The van der Waals surface area contributed by atoms with Crippen molar-refractivity contribution in [2.45, 2.75) is 12.8 Å². The molecule has 0 aliphatic carbocycles. The summed E-state index contributed by atoms with van der Waals surface area (Å²) in [6, 6.07) is 10.6. The van der Waals surface area contributed by atoms with Crippen LogP contribution in [0.15, 0.2) is 42.5 Å². The van der Waals surface area contributed by atoms with Crippen molar-refractivity contribution >= 4 is 23.7 Å². The Labute approximate surface area is 154 Å². The molecule has 1 aromatic heterocycles. The van der Waals surface area contributed by atoms with Crippen LogP contribution in [0.4, 0.5) is 0 Å². The average Bonchev–Trinajstić information content (AvgIpc) is 3.32. The third kappa shape index (κ3) is 2.95.